The molecular formula is C25H17Cl2F3N2OS. The van der Waals surface area contributed by atoms with E-state index in [1.165, 1.54) is 18.2 Å². The monoisotopic (exact) mass is 520 g/mol. The van der Waals surface area contributed by atoms with Crippen molar-refractivity contribution >= 4 is 52.0 Å². The number of amides is 1. The summed E-state index contributed by atoms with van der Waals surface area (Å²) in [6.07, 6.45) is -4.36. The molecule has 2 N–H and O–H groups in total. The molecule has 3 nitrogen and oxygen atoms in total. The molecule has 0 saturated carbocycles. The maximum atomic E-state index is 14.1. The fourth-order valence-corrected chi connectivity index (χ4v) is 5.93. The highest BCUT2D eigenvalue weighted by molar-refractivity contribution is 7.80. The van der Waals surface area contributed by atoms with E-state index in [2.05, 4.69) is 10.6 Å². The third-order valence-corrected chi connectivity index (χ3v) is 7.33. The molecule has 3 atom stereocenters. The van der Waals surface area contributed by atoms with E-state index in [-0.39, 0.29) is 12.0 Å². The summed E-state index contributed by atoms with van der Waals surface area (Å²) in [6, 6.07) is 16.1. The van der Waals surface area contributed by atoms with Crippen LogP contribution in [0.3, 0.4) is 0 Å². The zero-order valence-corrected chi connectivity index (χ0v) is 19.7. The smallest absolute Gasteiger partial charge is 0.371 e. The minimum Gasteiger partial charge on any atom is -0.371 e. The van der Waals surface area contributed by atoms with E-state index in [9.17, 15) is 18.0 Å². The van der Waals surface area contributed by atoms with Crippen molar-refractivity contribution in [3.63, 3.8) is 0 Å². The van der Waals surface area contributed by atoms with Crippen LogP contribution >= 0.6 is 35.4 Å². The third kappa shape index (κ3) is 3.58. The molecule has 34 heavy (non-hydrogen) atoms. The lowest BCUT2D eigenvalue weighted by atomic mass is 9.59. The normalized spacial score (nSPS) is 24.0. The Balaban J connectivity index is 1.84. The molecule has 0 aromatic heterocycles. The number of piperidine rings is 1. The lowest BCUT2D eigenvalue weighted by Crippen LogP contribution is -2.56. The quantitative estimate of drug-likeness (QED) is 0.355. The second-order valence-electron chi connectivity index (χ2n) is 8.41. The summed E-state index contributed by atoms with van der Waals surface area (Å²) in [6.45, 7) is 0. The number of anilines is 1. The first-order chi connectivity index (χ1) is 16.1. The molecule has 1 amide bonds. The number of hydrogen-bond donors (Lipinski definition) is 2. The maximum absolute atomic E-state index is 14.1. The fourth-order valence-electron chi connectivity index (χ4n) is 5.28. The van der Waals surface area contributed by atoms with Crippen LogP contribution in [0.25, 0.3) is 0 Å². The van der Waals surface area contributed by atoms with Crippen LogP contribution in [0.1, 0.15) is 40.6 Å². The summed E-state index contributed by atoms with van der Waals surface area (Å²) in [7, 11) is 0. The highest BCUT2D eigenvalue weighted by Crippen LogP contribution is 2.58. The van der Waals surface area contributed by atoms with Gasteiger partial charge in [0.25, 0.3) is 0 Å². The van der Waals surface area contributed by atoms with Gasteiger partial charge in [0.2, 0.25) is 5.91 Å². The summed E-state index contributed by atoms with van der Waals surface area (Å²) in [4.78, 5) is 14.3. The molecule has 1 saturated heterocycles. The summed E-state index contributed by atoms with van der Waals surface area (Å²) < 4.78 is 42.3. The Hall–Kier alpha value is -2.61. The van der Waals surface area contributed by atoms with E-state index in [0.717, 1.165) is 6.07 Å². The number of benzene rings is 3. The molecule has 5 rings (SSSR count). The van der Waals surface area contributed by atoms with Crippen LogP contribution in [0.4, 0.5) is 18.9 Å². The molecule has 9 heteroatoms. The number of hydrogen-bond acceptors (Lipinski definition) is 2. The summed E-state index contributed by atoms with van der Waals surface area (Å²) in [5.74, 6) is -1.000. The molecule has 2 heterocycles. The molecule has 0 aliphatic carbocycles. The van der Waals surface area contributed by atoms with Crippen LogP contribution in [0, 0.1) is 0 Å². The molecule has 3 aromatic rings. The molecule has 174 valence electrons. The largest absolute Gasteiger partial charge is 0.416 e. The molecule has 1 fully saturated rings. The predicted octanol–water partition coefficient (Wildman–Crippen LogP) is 7.05. The average Bonchev–Trinajstić information content (AvgIpc) is 3.06. The van der Waals surface area contributed by atoms with Gasteiger partial charge >= 0.3 is 6.18 Å². The van der Waals surface area contributed by atoms with Gasteiger partial charge in [0.15, 0.2) is 0 Å². The number of nitrogens with one attached hydrogen (secondary N) is 2. The van der Waals surface area contributed by atoms with Gasteiger partial charge in [-0.1, -0.05) is 71.8 Å². The van der Waals surface area contributed by atoms with Gasteiger partial charge in [-0.2, -0.15) is 13.2 Å². The molecule has 2 aliphatic heterocycles. The standard InChI is InChI=1S/C25H17Cl2F3N2OS/c26-14-5-3-4-13(10-14)19-12-21(34)32-22(16-6-1-2-7-17(16)25(28,29)30)24(19)18-9-8-15(27)11-20(18)31-23(24)33/h1-11,19,22H,12H2,(H,31,33)(H,32,34)/t19-,22+,24-/m0/s1. The highest BCUT2D eigenvalue weighted by atomic mass is 35.5. The van der Waals surface area contributed by atoms with E-state index in [1.807, 2.05) is 6.07 Å². The van der Waals surface area contributed by atoms with Gasteiger partial charge in [-0.05, 0) is 47.0 Å². The highest BCUT2D eigenvalue weighted by Gasteiger charge is 2.61. The van der Waals surface area contributed by atoms with Crippen LogP contribution in [0.2, 0.25) is 10.0 Å². The van der Waals surface area contributed by atoms with Crippen molar-refractivity contribution in [3.05, 3.63) is 99.0 Å². The molecule has 1 spiro atoms. The van der Waals surface area contributed by atoms with Gasteiger partial charge in [-0.15, -0.1) is 0 Å². The first-order valence-corrected chi connectivity index (χ1v) is 11.6. The molecule has 0 unspecified atom stereocenters. The second kappa shape index (κ2) is 8.26. The lowest BCUT2D eigenvalue weighted by molar-refractivity contribution is -0.139. The summed E-state index contributed by atoms with van der Waals surface area (Å²) in [5.41, 5.74) is -0.575. The van der Waals surface area contributed by atoms with Gasteiger partial charge < -0.3 is 10.6 Å². The first-order valence-electron chi connectivity index (χ1n) is 10.4. The van der Waals surface area contributed by atoms with Gasteiger partial charge in [0, 0.05) is 28.1 Å². The van der Waals surface area contributed by atoms with Crippen molar-refractivity contribution in [2.75, 3.05) is 5.32 Å². The maximum Gasteiger partial charge on any atom is 0.416 e. The van der Waals surface area contributed by atoms with E-state index in [1.54, 1.807) is 36.4 Å². The van der Waals surface area contributed by atoms with Gasteiger partial charge in [-0.25, -0.2) is 0 Å². The van der Waals surface area contributed by atoms with Crippen LogP contribution in [-0.4, -0.2) is 10.9 Å². The Morgan fingerprint density at radius 2 is 1.71 bits per heavy atom. The first kappa shape index (κ1) is 23.1. The summed E-state index contributed by atoms with van der Waals surface area (Å²) >= 11 is 18.0. The zero-order chi connectivity index (χ0) is 24.3. The number of fused-ring (bicyclic) bond motifs is 2. The van der Waals surface area contributed by atoms with E-state index < -0.39 is 35.0 Å². The van der Waals surface area contributed by atoms with Gasteiger partial charge in [0.1, 0.15) is 5.41 Å². The fraction of sp³-hybridized carbons (Fsp3) is 0.200. The summed E-state index contributed by atoms with van der Waals surface area (Å²) in [5, 5.41) is 6.81. The Bertz CT molecular complexity index is 1330. The van der Waals surface area contributed by atoms with Crippen molar-refractivity contribution < 1.29 is 18.0 Å². The van der Waals surface area contributed by atoms with Crippen molar-refractivity contribution in [2.24, 2.45) is 0 Å². The lowest BCUT2D eigenvalue weighted by Gasteiger charge is -2.48. The Labute approximate surface area is 209 Å². The molecule has 3 aromatic carbocycles. The van der Waals surface area contributed by atoms with Crippen molar-refractivity contribution in [2.45, 2.75) is 30.0 Å². The second-order valence-corrected chi connectivity index (χ2v) is 9.78. The molecular weight excluding hydrogens is 504 g/mol. The van der Waals surface area contributed by atoms with Crippen molar-refractivity contribution in [3.8, 4) is 0 Å². The Morgan fingerprint density at radius 3 is 2.44 bits per heavy atom. The predicted molar refractivity (Wildman–Crippen MR) is 130 cm³/mol. The van der Waals surface area contributed by atoms with Crippen LogP contribution in [-0.2, 0) is 16.4 Å². The zero-order valence-electron chi connectivity index (χ0n) is 17.4. The number of thiocarbonyl (C=S) groups is 1. The number of alkyl halides is 3. The number of carbonyl (C=O) groups excluding carboxylic acids is 1. The molecule has 0 bridgehead atoms. The SMILES string of the molecule is O=C1Nc2cc(Cl)ccc2[C@]12[C@@H](c1ccccc1C(F)(F)F)NC(=S)C[C@H]2c1cccc(Cl)c1. The average molecular weight is 521 g/mol. The topological polar surface area (TPSA) is 41.1 Å². The van der Waals surface area contributed by atoms with Crippen LogP contribution in [0.15, 0.2) is 66.7 Å². The minimum absolute atomic E-state index is 0.0537. The van der Waals surface area contributed by atoms with Crippen molar-refractivity contribution in [1.82, 2.24) is 5.32 Å². The van der Waals surface area contributed by atoms with Gasteiger partial charge in [0.05, 0.1) is 16.6 Å². The van der Waals surface area contributed by atoms with E-state index in [0.29, 0.717) is 31.8 Å². The Morgan fingerprint density at radius 1 is 0.971 bits per heavy atom. The van der Waals surface area contributed by atoms with E-state index in [4.69, 9.17) is 35.4 Å². The minimum atomic E-state index is -4.62. The van der Waals surface area contributed by atoms with Gasteiger partial charge in [-0.3, -0.25) is 4.79 Å². The van der Waals surface area contributed by atoms with E-state index >= 15 is 0 Å². The molecule has 0 radical (unpaired) electrons. The third-order valence-electron chi connectivity index (χ3n) is 6.58. The van der Waals surface area contributed by atoms with Crippen LogP contribution in [0.5, 0.6) is 0 Å². The Kier molecular flexibility index (Phi) is 5.62. The van der Waals surface area contributed by atoms with Crippen LogP contribution < -0.4 is 10.6 Å². The number of carbonyl (C=O) groups is 1. The number of halogens is 5. The van der Waals surface area contributed by atoms with Crippen molar-refractivity contribution in [1.29, 1.82) is 0 Å². The molecule has 2 aliphatic rings. The number of rotatable bonds is 2.